The molecule has 0 aliphatic rings. The summed E-state index contributed by atoms with van der Waals surface area (Å²) in [6.07, 6.45) is 1.90. The average molecular weight is 239 g/mol. The normalized spacial score (nSPS) is 10.7. The van der Waals surface area contributed by atoms with Gasteiger partial charge in [-0.25, -0.2) is 4.39 Å². The van der Waals surface area contributed by atoms with E-state index in [1.165, 1.54) is 23.9 Å². The van der Waals surface area contributed by atoms with Crippen molar-refractivity contribution in [3.63, 3.8) is 0 Å². The number of thioether (sulfide) groups is 1. The molecule has 0 atom stereocenters. The molecule has 16 heavy (non-hydrogen) atoms. The van der Waals surface area contributed by atoms with E-state index in [0.29, 0.717) is 17.3 Å². The SMILES string of the molecule is CSc1ccc(F)cc1-c1noc(CN)n1. The van der Waals surface area contributed by atoms with E-state index in [2.05, 4.69) is 10.1 Å². The van der Waals surface area contributed by atoms with Crippen molar-refractivity contribution in [2.45, 2.75) is 11.4 Å². The molecule has 4 nitrogen and oxygen atoms in total. The molecule has 0 aliphatic carbocycles. The maximum atomic E-state index is 13.1. The van der Waals surface area contributed by atoms with Crippen LogP contribution in [-0.4, -0.2) is 16.4 Å². The van der Waals surface area contributed by atoms with Crippen molar-refractivity contribution in [3.8, 4) is 11.4 Å². The summed E-state index contributed by atoms with van der Waals surface area (Å²) in [5.74, 6) is 0.377. The summed E-state index contributed by atoms with van der Waals surface area (Å²) >= 11 is 1.50. The van der Waals surface area contributed by atoms with Crippen molar-refractivity contribution < 1.29 is 8.91 Å². The lowest BCUT2D eigenvalue weighted by Gasteiger charge is -2.02. The third-order valence-corrected chi connectivity index (χ3v) is 2.84. The molecule has 0 unspecified atom stereocenters. The largest absolute Gasteiger partial charge is 0.338 e. The van der Waals surface area contributed by atoms with E-state index in [1.807, 2.05) is 6.26 Å². The fourth-order valence-corrected chi connectivity index (χ4v) is 1.88. The summed E-state index contributed by atoms with van der Waals surface area (Å²) in [4.78, 5) is 4.96. The average Bonchev–Trinajstić information content (AvgIpc) is 2.77. The van der Waals surface area contributed by atoms with Crippen LogP contribution in [0, 0.1) is 5.82 Å². The Hall–Kier alpha value is -1.40. The number of aromatic nitrogens is 2. The van der Waals surface area contributed by atoms with Gasteiger partial charge in [0.1, 0.15) is 5.82 Å². The minimum absolute atomic E-state index is 0.177. The first kappa shape index (κ1) is 11.1. The van der Waals surface area contributed by atoms with E-state index in [0.717, 1.165) is 4.90 Å². The van der Waals surface area contributed by atoms with Gasteiger partial charge >= 0.3 is 0 Å². The van der Waals surface area contributed by atoms with Gasteiger partial charge in [0, 0.05) is 10.5 Å². The Morgan fingerprint density at radius 2 is 2.31 bits per heavy atom. The van der Waals surface area contributed by atoms with E-state index in [1.54, 1.807) is 6.07 Å². The van der Waals surface area contributed by atoms with E-state index < -0.39 is 0 Å². The number of rotatable bonds is 3. The molecule has 1 heterocycles. The van der Waals surface area contributed by atoms with Crippen LogP contribution in [0.3, 0.4) is 0 Å². The topological polar surface area (TPSA) is 64.9 Å². The third kappa shape index (κ3) is 2.07. The molecule has 0 spiro atoms. The Labute approximate surface area is 96.0 Å². The highest BCUT2D eigenvalue weighted by Crippen LogP contribution is 2.28. The van der Waals surface area contributed by atoms with Crippen LogP contribution in [-0.2, 0) is 6.54 Å². The molecule has 0 amide bonds. The van der Waals surface area contributed by atoms with Crippen molar-refractivity contribution >= 4 is 11.8 Å². The van der Waals surface area contributed by atoms with Crippen LogP contribution >= 0.6 is 11.8 Å². The third-order valence-electron chi connectivity index (χ3n) is 2.05. The maximum Gasteiger partial charge on any atom is 0.240 e. The van der Waals surface area contributed by atoms with Gasteiger partial charge in [-0.15, -0.1) is 11.8 Å². The van der Waals surface area contributed by atoms with Gasteiger partial charge in [0.05, 0.1) is 6.54 Å². The van der Waals surface area contributed by atoms with Gasteiger partial charge in [0.2, 0.25) is 11.7 Å². The van der Waals surface area contributed by atoms with Crippen molar-refractivity contribution in [2.75, 3.05) is 6.26 Å². The molecule has 0 aliphatic heterocycles. The molecule has 2 rings (SSSR count). The van der Waals surface area contributed by atoms with E-state index >= 15 is 0 Å². The van der Waals surface area contributed by atoms with Gasteiger partial charge in [-0.3, -0.25) is 0 Å². The molecule has 6 heteroatoms. The molecule has 0 fully saturated rings. The van der Waals surface area contributed by atoms with Crippen LogP contribution < -0.4 is 5.73 Å². The van der Waals surface area contributed by atoms with Crippen LogP contribution in [0.1, 0.15) is 5.89 Å². The molecule has 84 valence electrons. The van der Waals surface area contributed by atoms with Crippen LogP contribution in [0.15, 0.2) is 27.6 Å². The molecule has 0 saturated carbocycles. The minimum Gasteiger partial charge on any atom is -0.338 e. The summed E-state index contributed by atoms with van der Waals surface area (Å²) < 4.78 is 18.0. The summed E-state index contributed by atoms with van der Waals surface area (Å²) in [7, 11) is 0. The summed E-state index contributed by atoms with van der Waals surface area (Å²) in [6.45, 7) is 0.177. The fraction of sp³-hybridized carbons (Fsp3) is 0.200. The van der Waals surface area contributed by atoms with Crippen molar-refractivity contribution in [1.29, 1.82) is 0 Å². The molecule has 0 radical (unpaired) electrons. The molecular weight excluding hydrogens is 229 g/mol. The second kappa shape index (κ2) is 4.63. The maximum absolute atomic E-state index is 13.1. The first-order valence-corrected chi connectivity index (χ1v) is 5.83. The Kier molecular flexibility index (Phi) is 3.21. The quantitative estimate of drug-likeness (QED) is 0.830. The smallest absolute Gasteiger partial charge is 0.240 e. The monoisotopic (exact) mass is 239 g/mol. The highest BCUT2D eigenvalue weighted by atomic mass is 32.2. The molecule has 2 aromatic rings. The zero-order valence-electron chi connectivity index (χ0n) is 8.61. The first-order chi connectivity index (χ1) is 7.74. The van der Waals surface area contributed by atoms with Crippen LogP contribution in [0.4, 0.5) is 4.39 Å². The lowest BCUT2D eigenvalue weighted by atomic mass is 10.2. The molecular formula is C10H10FN3OS. The second-order valence-electron chi connectivity index (χ2n) is 3.06. The number of nitrogens with two attached hydrogens (primary N) is 1. The zero-order valence-corrected chi connectivity index (χ0v) is 9.42. The Morgan fingerprint density at radius 1 is 1.50 bits per heavy atom. The van der Waals surface area contributed by atoms with Gasteiger partial charge in [0.15, 0.2) is 0 Å². The predicted octanol–water partition coefficient (Wildman–Crippen LogP) is 2.06. The van der Waals surface area contributed by atoms with Crippen molar-refractivity contribution in [2.24, 2.45) is 5.73 Å². The van der Waals surface area contributed by atoms with Gasteiger partial charge in [-0.1, -0.05) is 5.16 Å². The second-order valence-corrected chi connectivity index (χ2v) is 3.91. The number of nitrogens with zero attached hydrogens (tertiary/aromatic N) is 2. The van der Waals surface area contributed by atoms with E-state index in [-0.39, 0.29) is 12.4 Å². The Bertz CT molecular complexity index is 501. The number of benzene rings is 1. The van der Waals surface area contributed by atoms with Gasteiger partial charge in [0.25, 0.3) is 0 Å². The summed E-state index contributed by atoms with van der Waals surface area (Å²) in [5.41, 5.74) is 5.99. The predicted molar refractivity (Wildman–Crippen MR) is 59.4 cm³/mol. The number of halogens is 1. The van der Waals surface area contributed by atoms with Crippen LogP contribution in [0.2, 0.25) is 0 Å². The van der Waals surface area contributed by atoms with Crippen molar-refractivity contribution in [3.05, 3.63) is 29.9 Å². The highest BCUT2D eigenvalue weighted by Gasteiger charge is 2.12. The van der Waals surface area contributed by atoms with E-state index in [9.17, 15) is 4.39 Å². The molecule has 2 N–H and O–H groups in total. The molecule has 1 aromatic carbocycles. The number of hydrogen-bond acceptors (Lipinski definition) is 5. The fourth-order valence-electron chi connectivity index (χ4n) is 1.30. The number of hydrogen-bond donors (Lipinski definition) is 1. The lowest BCUT2D eigenvalue weighted by molar-refractivity contribution is 0.380. The first-order valence-electron chi connectivity index (χ1n) is 4.61. The zero-order chi connectivity index (χ0) is 11.5. The molecule has 0 saturated heterocycles. The minimum atomic E-state index is -0.327. The standard InChI is InChI=1S/C10H10FN3OS/c1-16-8-3-2-6(11)4-7(8)10-13-9(5-12)15-14-10/h2-4H,5,12H2,1H3. The Morgan fingerprint density at radius 3 is 2.94 bits per heavy atom. The molecule has 1 aromatic heterocycles. The van der Waals surface area contributed by atoms with Gasteiger partial charge in [-0.2, -0.15) is 4.98 Å². The summed E-state index contributed by atoms with van der Waals surface area (Å²) in [5, 5.41) is 3.76. The van der Waals surface area contributed by atoms with E-state index in [4.69, 9.17) is 10.3 Å². The lowest BCUT2D eigenvalue weighted by Crippen LogP contribution is -1.95. The highest BCUT2D eigenvalue weighted by molar-refractivity contribution is 7.98. The summed E-state index contributed by atoms with van der Waals surface area (Å²) in [6, 6.07) is 4.48. The van der Waals surface area contributed by atoms with Crippen molar-refractivity contribution in [1.82, 2.24) is 10.1 Å². The van der Waals surface area contributed by atoms with Crippen LogP contribution in [0.5, 0.6) is 0 Å². The van der Waals surface area contributed by atoms with Gasteiger partial charge in [-0.05, 0) is 24.5 Å². The van der Waals surface area contributed by atoms with Crippen LogP contribution in [0.25, 0.3) is 11.4 Å². The molecule has 0 bridgehead atoms. The Balaban J connectivity index is 2.49. The van der Waals surface area contributed by atoms with Gasteiger partial charge < -0.3 is 10.3 Å².